The van der Waals surface area contributed by atoms with Crippen molar-refractivity contribution in [2.75, 3.05) is 39.3 Å². The first-order valence-electron chi connectivity index (χ1n) is 9.49. The molecule has 0 unspecified atom stereocenters. The number of hydrogen-bond acceptors (Lipinski definition) is 4. The summed E-state index contributed by atoms with van der Waals surface area (Å²) in [5, 5.41) is 8.17. The van der Waals surface area contributed by atoms with Gasteiger partial charge < -0.3 is 5.32 Å². The zero-order valence-electron chi connectivity index (χ0n) is 15.4. The van der Waals surface area contributed by atoms with Crippen LogP contribution in [0.2, 0.25) is 0 Å². The summed E-state index contributed by atoms with van der Waals surface area (Å²) in [5.41, 5.74) is 4.86. The number of piperazine rings is 1. The molecule has 0 radical (unpaired) electrons. The summed E-state index contributed by atoms with van der Waals surface area (Å²) >= 11 is 0. The van der Waals surface area contributed by atoms with E-state index in [9.17, 15) is 0 Å². The lowest BCUT2D eigenvalue weighted by molar-refractivity contribution is 0.0981. The van der Waals surface area contributed by atoms with Crippen LogP contribution in [0.15, 0.2) is 30.3 Å². The Kier molecular flexibility index (Phi) is 4.88. The van der Waals surface area contributed by atoms with Crippen molar-refractivity contribution >= 4 is 0 Å². The average Bonchev–Trinajstić information content (AvgIpc) is 3.26. The lowest BCUT2D eigenvalue weighted by Crippen LogP contribution is -2.50. The molecule has 0 amide bonds. The molecule has 134 valence electrons. The quantitative estimate of drug-likeness (QED) is 0.924. The number of nitrogens with zero attached hydrogens (tertiary/aromatic N) is 4. The molecular weight excluding hydrogens is 310 g/mol. The van der Waals surface area contributed by atoms with E-state index in [1.54, 1.807) is 0 Å². The van der Waals surface area contributed by atoms with Gasteiger partial charge in [0.1, 0.15) is 0 Å². The fourth-order valence-electron chi connectivity index (χ4n) is 4.20. The molecule has 5 heteroatoms. The monoisotopic (exact) mass is 339 g/mol. The van der Waals surface area contributed by atoms with E-state index in [2.05, 4.69) is 69.1 Å². The van der Waals surface area contributed by atoms with Gasteiger partial charge in [-0.05, 0) is 44.5 Å². The molecule has 5 nitrogen and oxygen atoms in total. The van der Waals surface area contributed by atoms with Crippen LogP contribution in [0.5, 0.6) is 0 Å². The van der Waals surface area contributed by atoms with Gasteiger partial charge in [0.25, 0.3) is 0 Å². The number of rotatable bonds is 4. The largest absolute Gasteiger partial charge is 0.315 e. The molecule has 2 fully saturated rings. The van der Waals surface area contributed by atoms with E-state index in [4.69, 9.17) is 0 Å². The van der Waals surface area contributed by atoms with Crippen molar-refractivity contribution in [3.8, 4) is 5.69 Å². The first-order chi connectivity index (χ1) is 12.2. The normalized spacial score (nSPS) is 22.6. The van der Waals surface area contributed by atoms with Gasteiger partial charge in [-0.15, -0.1) is 0 Å². The van der Waals surface area contributed by atoms with Gasteiger partial charge in [0, 0.05) is 51.0 Å². The second-order valence-electron chi connectivity index (χ2n) is 7.43. The third-order valence-corrected chi connectivity index (χ3v) is 5.58. The Morgan fingerprint density at radius 3 is 2.60 bits per heavy atom. The first-order valence-corrected chi connectivity index (χ1v) is 9.49. The second kappa shape index (κ2) is 7.28. The number of para-hydroxylation sites is 1. The van der Waals surface area contributed by atoms with E-state index in [0.717, 1.165) is 31.4 Å². The molecule has 1 N–H and O–H groups in total. The maximum Gasteiger partial charge on any atom is 0.0693 e. The van der Waals surface area contributed by atoms with Crippen molar-refractivity contribution in [3.63, 3.8) is 0 Å². The van der Waals surface area contributed by atoms with Crippen LogP contribution in [0.3, 0.4) is 0 Å². The van der Waals surface area contributed by atoms with Gasteiger partial charge in [-0.25, -0.2) is 4.68 Å². The summed E-state index contributed by atoms with van der Waals surface area (Å²) in [4.78, 5) is 5.26. The molecule has 0 saturated carbocycles. The summed E-state index contributed by atoms with van der Waals surface area (Å²) in [7, 11) is 0. The molecular formula is C20H29N5. The van der Waals surface area contributed by atoms with E-state index in [0.29, 0.717) is 0 Å². The minimum atomic E-state index is 0.754. The minimum Gasteiger partial charge on any atom is -0.315 e. The van der Waals surface area contributed by atoms with E-state index in [-0.39, 0.29) is 0 Å². The Morgan fingerprint density at radius 2 is 1.92 bits per heavy atom. The number of hydrogen-bond donors (Lipinski definition) is 1. The fourth-order valence-corrected chi connectivity index (χ4v) is 4.20. The fraction of sp³-hybridized carbons (Fsp3) is 0.550. The molecule has 2 aliphatic heterocycles. The van der Waals surface area contributed by atoms with Crippen LogP contribution in [-0.2, 0) is 6.54 Å². The van der Waals surface area contributed by atoms with Gasteiger partial charge in [-0.1, -0.05) is 18.2 Å². The number of aromatic nitrogens is 2. The number of benzene rings is 1. The van der Waals surface area contributed by atoms with Crippen LogP contribution in [0.25, 0.3) is 5.69 Å². The van der Waals surface area contributed by atoms with Crippen LogP contribution in [0.1, 0.15) is 23.4 Å². The van der Waals surface area contributed by atoms with Crippen LogP contribution in [0.4, 0.5) is 0 Å². The summed E-state index contributed by atoms with van der Waals surface area (Å²) in [6, 6.07) is 11.6. The van der Waals surface area contributed by atoms with Crippen molar-refractivity contribution in [1.29, 1.82) is 0 Å². The molecule has 1 aromatic heterocycles. The molecule has 25 heavy (non-hydrogen) atoms. The minimum absolute atomic E-state index is 0.754. The zero-order chi connectivity index (χ0) is 17.2. The van der Waals surface area contributed by atoms with Gasteiger partial charge in [-0.3, -0.25) is 9.80 Å². The van der Waals surface area contributed by atoms with Crippen molar-refractivity contribution in [2.24, 2.45) is 0 Å². The SMILES string of the molecule is Cc1cc(C)n(-c2ccccc2CN2CCN([C@@H]3CCNC3)CC2)n1. The van der Waals surface area contributed by atoms with Crippen LogP contribution >= 0.6 is 0 Å². The summed E-state index contributed by atoms with van der Waals surface area (Å²) in [6.45, 7) is 12.2. The molecule has 2 aromatic rings. The summed E-state index contributed by atoms with van der Waals surface area (Å²) < 4.78 is 2.09. The van der Waals surface area contributed by atoms with E-state index >= 15 is 0 Å². The molecule has 0 aliphatic carbocycles. The van der Waals surface area contributed by atoms with E-state index in [1.165, 1.54) is 49.5 Å². The van der Waals surface area contributed by atoms with Crippen molar-refractivity contribution in [1.82, 2.24) is 24.9 Å². The molecule has 1 atom stereocenters. The van der Waals surface area contributed by atoms with Crippen molar-refractivity contribution in [3.05, 3.63) is 47.3 Å². The van der Waals surface area contributed by atoms with Crippen LogP contribution < -0.4 is 5.32 Å². The maximum absolute atomic E-state index is 4.68. The average molecular weight is 339 g/mol. The molecule has 0 bridgehead atoms. The van der Waals surface area contributed by atoms with Crippen molar-refractivity contribution in [2.45, 2.75) is 32.9 Å². The Balaban J connectivity index is 1.44. The number of aryl methyl sites for hydroxylation is 2. The second-order valence-corrected chi connectivity index (χ2v) is 7.43. The van der Waals surface area contributed by atoms with Gasteiger partial charge >= 0.3 is 0 Å². The maximum atomic E-state index is 4.68. The molecule has 3 heterocycles. The Bertz CT molecular complexity index is 709. The highest BCUT2D eigenvalue weighted by Crippen LogP contribution is 2.20. The van der Waals surface area contributed by atoms with Gasteiger partial charge in [-0.2, -0.15) is 5.10 Å². The van der Waals surface area contributed by atoms with Gasteiger partial charge in [0.05, 0.1) is 11.4 Å². The zero-order valence-corrected chi connectivity index (χ0v) is 15.4. The van der Waals surface area contributed by atoms with E-state index in [1.807, 2.05) is 0 Å². The first kappa shape index (κ1) is 16.8. The lowest BCUT2D eigenvalue weighted by Gasteiger charge is -2.38. The summed E-state index contributed by atoms with van der Waals surface area (Å²) in [6.07, 6.45) is 1.31. The van der Waals surface area contributed by atoms with E-state index < -0.39 is 0 Å². The predicted molar refractivity (Wildman–Crippen MR) is 101 cm³/mol. The molecule has 2 saturated heterocycles. The number of nitrogens with one attached hydrogen (secondary N) is 1. The van der Waals surface area contributed by atoms with Crippen LogP contribution in [0, 0.1) is 13.8 Å². The van der Waals surface area contributed by atoms with Crippen LogP contribution in [-0.4, -0.2) is 64.9 Å². The Hall–Kier alpha value is -1.69. The molecule has 4 rings (SSSR count). The third-order valence-electron chi connectivity index (χ3n) is 5.58. The standard InChI is InChI=1S/C20H29N5/c1-16-13-17(2)25(22-16)20-6-4-3-5-18(20)15-23-9-11-24(12-10-23)19-7-8-21-14-19/h3-6,13,19,21H,7-12,14-15H2,1-2H3/t19-/m1/s1. The highest BCUT2D eigenvalue weighted by molar-refractivity contribution is 5.41. The predicted octanol–water partition coefficient (Wildman–Crippen LogP) is 1.97. The van der Waals surface area contributed by atoms with Gasteiger partial charge in [0.15, 0.2) is 0 Å². The Morgan fingerprint density at radius 1 is 1.12 bits per heavy atom. The molecule has 0 spiro atoms. The van der Waals surface area contributed by atoms with Gasteiger partial charge in [0.2, 0.25) is 0 Å². The summed E-state index contributed by atoms with van der Waals surface area (Å²) in [5.74, 6) is 0. The molecule has 1 aromatic carbocycles. The topological polar surface area (TPSA) is 36.3 Å². The smallest absolute Gasteiger partial charge is 0.0693 e. The highest BCUT2D eigenvalue weighted by Gasteiger charge is 2.26. The third kappa shape index (κ3) is 3.64. The highest BCUT2D eigenvalue weighted by atomic mass is 15.3. The lowest BCUT2D eigenvalue weighted by atomic mass is 10.1. The molecule has 2 aliphatic rings. The van der Waals surface area contributed by atoms with Crippen molar-refractivity contribution < 1.29 is 0 Å². The Labute approximate surface area is 150 Å².